The van der Waals surface area contributed by atoms with Gasteiger partial charge in [0.15, 0.2) is 0 Å². The number of aryl methyl sites for hydroxylation is 1. The molecule has 6 heteroatoms. The van der Waals surface area contributed by atoms with Crippen molar-refractivity contribution in [3.8, 4) is 0 Å². The van der Waals surface area contributed by atoms with Gasteiger partial charge < -0.3 is 19.5 Å². The van der Waals surface area contributed by atoms with E-state index in [-0.39, 0.29) is 12.3 Å². The number of hydrogen-bond donors (Lipinski definition) is 1. The Hall–Kier alpha value is -1.40. The fourth-order valence-corrected chi connectivity index (χ4v) is 1.83. The number of amides is 1. The Labute approximate surface area is 120 Å². The van der Waals surface area contributed by atoms with E-state index in [2.05, 4.69) is 29.2 Å². The molecule has 20 heavy (non-hydrogen) atoms. The number of nitrogens with zero attached hydrogens (tertiary/aromatic N) is 2. The predicted molar refractivity (Wildman–Crippen MR) is 76.6 cm³/mol. The van der Waals surface area contributed by atoms with Crippen molar-refractivity contribution in [1.29, 1.82) is 0 Å². The lowest BCUT2D eigenvalue weighted by molar-refractivity contribution is -0.120. The highest BCUT2D eigenvalue weighted by atomic mass is 16.5. The quantitative estimate of drug-likeness (QED) is 0.649. The number of carbonyl (C=O) groups is 1. The minimum Gasteiger partial charge on any atom is -0.378 e. The molecule has 1 rings (SSSR count). The second-order valence-electron chi connectivity index (χ2n) is 4.59. The molecule has 0 spiro atoms. The summed E-state index contributed by atoms with van der Waals surface area (Å²) in [5.41, 5.74) is 0.655. The highest BCUT2D eigenvalue weighted by Gasteiger charge is 2.06. The van der Waals surface area contributed by atoms with E-state index in [1.165, 1.54) is 0 Å². The molecule has 6 nitrogen and oxygen atoms in total. The summed E-state index contributed by atoms with van der Waals surface area (Å²) in [6, 6.07) is 1.76. The number of likely N-dealkylation sites (N-methyl/N-ethyl adjacent to an activating group) is 1. The number of aromatic nitrogens is 1. The second-order valence-corrected chi connectivity index (χ2v) is 4.59. The van der Waals surface area contributed by atoms with E-state index in [0.29, 0.717) is 31.2 Å². The molecule has 1 heterocycles. The Morgan fingerprint density at radius 3 is 2.75 bits per heavy atom. The van der Waals surface area contributed by atoms with Crippen LogP contribution in [0.5, 0.6) is 0 Å². The number of ether oxygens (including phenoxy) is 1. The van der Waals surface area contributed by atoms with E-state index in [0.717, 1.165) is 19.6 Å². The fraction of sp³-hybridized carbons (Fsp3) is 0.714. The zero-order chi connectivity index (χ0) is 14.8. The number of nitrogens with one attached hydrogen (secondary N) is 1. The first kappa shape index (κ1) is 16.7. The summed E-state index contributed by atoms with van der Waals surface area (Å²) in [5, 5.41) is 6.58. The van der Waals surface area contributed by atoms with Gasteiger partial charge in [-0.15, -0.1) is 0 Å². The third kappa shape index (κ3) is 6.68. The van der Waals surface area contributed by atoms with E-state index >= 15 is 0 Å². The van der Waals surface area contributed by atoms with Crippen LogP contribution in [0.15, 0.2) is 10.6 Å². The Kier molecular flexibility index (Phi) is 7.91. The van der Waals surface area contributed by atoms with Crippen LogP contribution in [0.25, 0.3) is 0 Å². The molecule has 0 saturated heterocycles. The minimum atomic E-state index is -0.0642. The first-order valence-corrected chi connectivity index (χ1v) is 7.14. The third-order valence-corrected chi connectivity index (χ3v) is 3.03. The van der Waals surface area contributed by atoms with Crippen molar-refractivity contribution in [3.05, 3.63) is 17.5 Å². The molecule has 1 N–H and O–H groups in total. The van der Waals surface area contributed by atoms with Crippen LogP contribution < -0.4 is 5.32 Å². The van der Waals surface area contributed by atoms with Gasteiger partial charge in [-0.2, -0.15) is 0 Å². The van der Waals surface area contributed by atoms with Crippen molar-refractivity contribution in [2.24, 2.45) is 0 Å². The van der Waals surface area contributed by atoms with Crippen LogP contribution >= 0.6 is 0 Å². The van der Waals surface area contributed by atoms with E-state index in [1.54, 1.807) is 13.0 Å². The Balaban J connectivity index is 2.02. The van der Waals surface area contributed by atoms with Gasteiger partial charge in [-0.3, -0.25) is 4.79 Å². The van der Waals surface area contributed by atoms with Gasteiger partial charge in [0.2, 0.25) is 5.91 Å². The van der Waals surface area contributed by atoms with Crippen LogP contribution in [-0.4, -0.2) is 55.4 Å². The summed E-state index contributed by atoms with van der Waals surface area (Å²) >= 11 is 0. The molecular weight excluding hydrogens is 258 g/mol. The van der Waals surface area contributed by atoms with Crippen molar-refractivity contribution in [2.45, 2.75) is 27.2 Å². The normalized spacial score (nSPS) is 11.0. The molecule has 1 aromatic heterocycles. The van der Waals surface area contributed by atoms with Gasteiger partial charge in [-0.05, 0) is 20.0 Å². The number of rotatable bonds is 10. The predicted octanol–water partition coefficient (Wildman–Crippen LogP) is 1.00. The SMILES string of the molecule is CCN(CC)CCOCCNC(=O)Cc1cc(C)on1. The summed E-state index contributed by atoms with van der Waals surface area (Å²) in [5.74, 6) is 0.651. The minimum absolute atomic E-state index is 0.0642. The lowest BCUT2D eigenvalue weighted by Gasteiger charge is -2.17. The summed E-state index contributed by atoms with van der Waals surface area (Å²) in [4.78, 5) is 13.9. The van der Waals surface area contributed by atoms with Gasteiger partial charge in [0.1, 0.15) is 5.76 Å². The maximum Gasteiger partial charge on any atom is 0.226 e. The van der Waals surface area contributed by atoms with E-state index in [4.69, 9.17) is 9.26 Å². The van der Waals surface area contributed by atoms with Crippen LogP contribution in [0, 0.1) is 6.92 Å². The largest absolute Gasteiger partial charge is 0.378 e. The maximum atomic E-state index is 11.6. The van der Waals surface area contributed by atoms with E-state index < -0.39 is 0 Å². The van der Waals surface area contributed by atoms with Crippen molar-refractivity contribution in [1.82, 2.24) is 15.4 Å². The smallest absolute Gasteiger partial charge is 0.226 e. The third-order valence-electron chi connectivity index (χ3n) is 3.03. The van der Waals surface area contributed by atoms with Crippen LogP contribution in [0.1, 0.15) is 25.3 Å². The first-order valence-electron chi connectivity index (χ1n) is 7.14. The molecule has 114 valence electrons. The highest BCUT2D eigenvalue weighted by Crippen LogP contribution is 2.01. The molecule has 0 fully saturated rings. The second kappa shape index (κ2) is 9.50. The van der Waals surface area contributed by atoms with E-state index in [9.17, 15) is 4.79 Å². The fourth-order valence-electron chi connectivity index (χ4n) is 1.83. The average molecular weight is 283 g/mol. The zero-order valence-electron chi connectivity index (χ0n) is 12.6. The van der Waals surface area contributed by atoms with Crippen LogP contribution in [0.2, 0.25) is 0 Å². The molecule has 0 aliphatic heterocycles. The summed E-state index contributed by atoms with van der Waals surface area (Å²) in [6.07, 6.45) is 0.247. The van der Waals surface area contributed by atoms with Gasteiger partial charge in [0.05, 0.1) is 25.3 Å². The van der Waals surface area contributed by atoms with Crippen molar-refractivity contribution >= 4 is 5.91 Å². The summed E-state index contributed by atoms with van der Waals surface area (Å²) in [7, 11) is 0. The average Bonchev–Trinajstić information content (AvgIpc) is 2.83. The molecule has 0 unspecified atom stereocenters. The Morgan fingerprint density at radius 2 is 2.15 bits per heavy atom. The summed E-state index contributed by atoms with van der Waals surface area (Å²) in [6.45, 7) is 10.8. The number of carbonyl (C=O) groups excluding carboxylic acids is 1. The maximum absolute atomic E-state index is 11.6. The molecule has 0 aromatic carbocycles. The molecule has 0 bridgehead atoms. The zero-order valence-corrected chi connectivity index (χ0v) is 12.6. The lowest BCUT2D eigenvalue weighted by Crippen LogP contribution is -2.31. The van der Waals surface area contributed by atoms with Gasteiger partial charge >= 0.3 is 0 Å². The highest BCUT2D eigenvalue weighted by molar-refractivity contribution is 5.78. The molecule has 1 amide bonds. The van der Waals surface area contributed by atoms with Gasteiger partial charge in [-0.1, -0.05) is 19.0 Å². The molecule has 0 radical (unpaired) electrons. The van der Waals surface area contributed by atoms with Crippen LogP contribution in [-0.2, 0) is 16.0 Å². The molecular formula is C14H25N3O3. The van der Waals surface area contributed by atoms with Crippen molar-refractivity contribution in [3.63, 3.8) is 0 Å². The van der Waals surface area contributed by atoms with Crippen LogP contribution in [0.3, 0.4) is 0 Å². The standard InChI is InChI=1S/C14H25N3O3/c1-4-17(5-2)7-9-19-8-6-15-14(18)11-13-10-12(3)20-16-13/h10H,4-9,11H2,1-3H3,(H,15,18). The van der Waals surface area contributed by atoms with Crippen LogP contribution in [0.4, 0.5) is 0 Å². The molecule has 0 aliphatic rings. The topological polar surface area (TPSA) is 67.6 Å². The Bertz CT molecular complexity index is 389. The first-order chi connectivity index (χ1) is 9.65. The van der Waals surface area contributed by atoms with Crippen molar-refractivity contribution < 1.29 is 14.1 Å². The van der Waals surface area contributed by atoms with E-state index in [1.807, 2.05) is 0 Å². The lowest BCUT2D eigenvalue weighted by atomic mass is 10.3. The molecule has 0 atom stereocenters. The Morgan fingerprint density at radius 1 is 1.40 bits per heavy atom. The van der Waals surface area contributed by atoms with Gasteiger partial charge in [0, 0.05) is 19.2 Å². The molecule has 0 saturated carbocycles. The van der Waals surface area contributed by atoms with Gasteiger partial charge in [0.25, 0.3) is 0 Å². The van der Waals surface area contributed by atoms with Gasteiger partial charge in [-0.25, -0.2) is 0 Å². The van der Waals surface area contributed by atoms with Crippen molar-refractivity contribution in [2.75, 3.05) is 39.4 Å². The molecule has 1 aromatic rings. The summed E-state index contributed by atoms with van der Waals surface area (Å²) < 4.78 is 10.4. The number of hydrogen-bond acceptors (Lipinski definition) is 5. The monoisotopic (exact) mass is 283 g/mol. The molecule has 0 aliphatic carbocycles.